The number of halogens is 1. The van der Waals surface area contributed by atoms with Crippen molar-refractivity contribution in [2.75, 3.05) is 0 Å². The van der Waals surface area contributed by atoms with Gasteiger partial charge in [-0.1, -0.05) is 23.7 Å². The van der Waals surface area contributed by atoms with Gasteiger partial charge in [-0.2, -0.15) is 0 Å². The molecule has 134 valence electrons. The lowest BCUT2D eigenvalue weighted by Gasteiger charge is -2.08. The van der Waals surface area contributed by atoms with Crippen LogP contribution < -0.4 is 10.2 Å². The average Bonchev–Trinajstić information content (AvgIpc) is 3.18. The number of rotatable bonds is 3. The molecule has 2 aromatic heterocycles. The summed E-state index contributed by atoms with van der Waals surface area (Å²) in [7, 11) is 0. The fraction of sp³-hybridized carbons (Fsp3) is 0.0476. The normalized spacial score (nSPS) is 10.9. The van der Waals surface area contributed by atoms with Crippen LogP contribution in [0.1, 0.15) is 16.3 Å². The first-order chi connectivity index (χ1) is 13.0. The summed E-state index contributed by atoms with van der Waals surface area (Å²) in [5.41, 5.74) is 1.36. The Labute approximate surface area is 158 Å². The van der Waals surface area contributed by atoms with Crippen molar-refractivity contribution in [3.63, 3.8) is 0 Å². The van der Waals surface area contributed by atoms with Crippen LogP contribution in [0.2, 0.25) is 5.02 Å². The van der Waals surface area contributed by atoms with Crippen LogP contribution in [-0.4, -0.2) is 5.97 Å². The van der Waals surface area contributed by atoms with Gasteiger partial charge in [-0.25, -0.2) is 4.79 Å². The summed E-state index contributed by atoms with van der Waals surface area (Å²) in [5, 5.41) is 0.980. The first-order valence-corrected chi connectivity index (χ1v) is 8.50. The molecular formula is C21H13ClO5. The van der Waals surface area contributed by atoms with Crippen molar-refractivity contribution < 1.29 is 18.4 Å². The standard InChI is InChI=1S/C21H13ClO5/c1-12-19(13-4-6-14(22)7-5-13)20(23)16-9-8-15(11-18(16)26-12)27-21(24)17-3-2-10-25-17/h2-11H,1H3. The van der Waals surface area contributed by atoms with Crippen molar-refractivity contribution in [2.24, 2.45) is 0 Å². The first-order valence-electron chi connectivity index (χ1n) is 8.12. The highest BCUT2D eigenvalue weighted by molar-refractivity contribution is 6.30. The average molecular weight is 381 g/mol. The zero-order valence-electron chi connectivity index (χ0n) is 14.2. The SMILES string of the molecule is Cc1oc2cc(OC(=O)c3ccco3)ccc2c(=O)c1-c1ccc(Cl)cc1. The Balaban J connectivity index is 1.75. The van der Waals surface area contributed by atoms with E-state index < -0.39 is 5.97 Å². The van der Waals surface area contributed by atoms with Crippen LogP contribution in [0.4, 0.5) is 0 Å². The van der Waals surface area contributed by atoms with Crippen LogP contribution in [0.3, 0.4) is 0 Å². The van der Waals surface area contributed by atoms with Gasteiger partial charge in [0.25, 0.3) is 0 Å². The maximum absolute atomic E-state index is 12.9. The van der Waals surface area contributed by atoms with E-state index in [0.29, 0.717) is 27.3 Å². The Hall–Kier alpha value is -3.31. The third-order valence-corrected chi connectivity index (χ3v) is 4.36. The highest BCUT2D eigenvalue weighted by Gasteiger charge is 2.16. The van der Waals surface area contributed by atoms with Gasteiger partial charge in [-0.05, 0) is 48.9 Å². The number of carbonyl (C=O) groups is 1. The molecule has 0 fully saturated rings. The summed E-state index contributed by atoms with van der Waals surface area (Å²) in [6, 6.07) is 14.7. The lowest BCUT2D eigenvalue weighted by molar-refractivity contribution is 0.0701. The van der Waals surface area contributed by atoms with E-state index in [1.165, 1.54) is 18.4 Å². The molecule has 2 aromatic carbocycles. The van der Waals surface area contributed by atoms with Crippen molar-refractivity contribution in [1.29, 1.82) is 0 Å². The number of benzene rings is 2. The molecule has 5 nitrogen and oxygen atoms in total. The number of furan rings is 1. The summed E-state index contributed by atoms with van der Waals surface area (Å²) >= 11 is 5.92. The predicted octanol–water partition coefficient (Wildman–Crippen LogP) is 5.23. The molecule has 4 aromatic rings. The maximum atomic E-state index is 12.9. The molecule has 0 bridgehead atoms. The van der Waals surface area contributed by atoms with Gasteiger partial charge in [0.05, 0.1) is 17.2 Å². The van der Waals surface area contributed by atoms with Gasteiger partial charge in [0.1, 0.15) is 17.1 Å². The van der Waals surface area contributed by atoms with E-state index in [1.807, 2.05) is 0 Å². The zero-order chi connectivity index (χ0) is 19.0. The Bertz CT molecular complexity index is 1190. The molecule has 0 saturated heterocycles. The van der Waals surface area contributed by atoms with Gasteiger partial charge < -0.3 is 13.6 Å². The van der Waals surface area contributed by atoms with E-state index in [2.05, 4.69) is 0 Å². The van der Waals surface area contributed by atoms with Gasteiger partial charge in [-0.3, -0.25) is 4.79 Å². The van der Waals surface area contributed by atoms with Crippen molar-refractivity contribution in [1.82, 2.24) is 0 Å². The molecule has 0 spiro atoms. The molecule has 0 N–H and O–H groups in total. The lowest BCUT2D eigenvalue weighted by Crippen LogP contribution is -2.09. The molecule has 4 rings (SSSR count). The van der Waals surface area contributed by atoms with E-state index in [0.717, 1.165) is 5.56 Å². The molecule has 0 atom stereocenters. The topological polar surface area (TPSA) is 69.7 Å². The molecule has 0 aliphatic rings. The number of hydrogen-bond donors (Lipinski definition) is 0. The number of esters is 1. The Kier molecular flexibility index (Phi) is 4.30. The van der Waals surface area contributed by atoms with Crippen LogP contribution in [-0.2, 0) is 0 Å². The van der Waals surface area contributed by atoms with E-state index in [4.69, 9.17) is 25.2 Å². The first kappa shape index (κ1) is 17.1. The Morgan fingerprint density at radius 2 is 1.85 bits per heavy atom. The minimum atomic E-state index is -0.629. The molecule has 6 heteroatoms. The molecule has 2 heterocycles. The number of carbonyl (C=O) groups excluding carboxylic acids is 1. The monoisotopic (exact) mass is 380 g/mol. The number of fused-ring (bicyclic) bond motifs is 1. The van der Waals surface area contributed by atoms with Gasteiger partial charge in [0.2, 0.25) is 11.2 Å². The van der Waals surface area contributed by atoms with Gasteiger partial charge in [0.15, 0.2) is 0 Å². The maximum Gasteiger partial charge on any atom is 0.379 e. The van der Waals surface area contributed by atoms with Gasteiger partial charge >= 0.3 is 5.97 Å². The number of aryl methyl sites for hydroxylation is 1. The van der Waals surface area contributed by atoms with Crippen molar-refractivity contribution >= 4 is 28.5 Å². The van der Waals surface area contributed by atoms with Gasteiger partial charge in [-0.15, -0.1) is 0 Å². The zero-order valence-corrected chi connectivity index (χ0v) is 14.9. The third-order valence-electron chi connectivity index (χ3n) is 4.11. The second-order valence-electron chi connectivity index (χ2n) is 5.89. The van der Waals surface area contributed by atoms with E-state index in [1.54, 1.807) is 49.4 Å². The summed E-state index contributed by atoms with van der Waals surface area (Å²) in [5.74, 6) is 0.178. The minimum Gasteiger partial charge on any atom is -0.460 e. The molecule has 0 aliphatic heterocycles. The minimum absolute atomic E-state index is 0.0887. The Morgan fingerprint density at radius 3 is 2.56 bits per heavy atom. The summed E-state index contributed by atoms with van der Waals surface area (Å²) in [4.78, 5) is 24.9. The van der Waals surface area contributed by atoms with Gasteiger partial charge in [0, 0.05) is 11.1 Å². The van der Waals surface area contributed by atoms with Crippen LogP contribution in [0.15, 0.2) is 74.5 Å². The van der Waals surface area contributed by atoms with E-state index in [-0.39, 0.29) is 16.9 Å². The van der Waals surface area contributed by atoms with Crippen molar-refractivity contribution in [2.45, 2.75) is 6.92 Å². The van der Waals surface area contributed by atoms with Crippen LogP contribution in [0.25, 0.3) is 22.1 Å². The molecular weight excluding hydrogens is 368 g/mol. The fourth-order valence-electron chi connectivity index (χ4n) is 2.85. The third kappa shape index (κ3) is 3.25. The van der Waals surface area contributed by atoms with Crippen molar-refractivity contribution in [3.8, 4) is 16.9 Å². The second-order valence-corrected chi connectivity index (χ2v) is 6.33. The second kappa shape index (κ2) is 6.78. The van der Waals surface area contributed by atoms with E-state index in [9.17, 15) is 9.59 Å². The van der Waals surface area contributed by atoms with Crippen molar-refractivity contribution in [3.05, 3.63) is 87.6 Å². The lowest BCUT2D eigenvalue weighted by atomic mass is 10.0. The van der Waals surface area contributed by atoms with E-state index >= 15 is 0 Å². The molecule has 27 heavy (non-hydrogen) atoms. The van der Waals surface area contributed by atoms with Crippen LogP contribution in [0.5, 0.6) is 5.75 Å². The summed E-state index contributed by atoms with van der Waals surface area (Å²) in [6.07, 6.45) is 1.39. The largest absolute Gasteiger partial charge is 0.460 e. The van der Waals surface area contributed by atoms with Crippen LogP contribution >= 0.6 is 11.6 Å². The highest BCUT2D eigenvalue weighted by Crippen LogP contribution is 2.27. The molecule has 0 unspecified atom stereocenters. The predicted molar refractivity (Wildman–Crippen MR) is 101 cm³/mol. The summed E-state index contributed by atoms with van der Waals surface area (Å²) < 4.78 is 16.1. The molecule has 0 amide bonds. The number of hydrogen-bond acceptors (Lipinski definition) is 5. The fourth-order valence-corrected chi connectivity index (χ4v) is 2.98. The molecule has 0 radical (unpaired) electrons. The summed E-state index contributed by atoms with van der Waals surface area (Å²) in [6.45, 7) is 1.71. The quantitative estimate of drug-likeness (QED) is 0.359. The molecule has 0 saturated carbocycles. The van der Waals surface area contributed by atoms with Crippen LogP contribution in [0, 0.1) is 6.92 Å². The molecule has 0 aliphatic carbocycles. The number of ether oxygens (including phenoxy) is 1. The Morgan fingerprint density at radius 1 is 1.07 bits per heavy atom. The highest BCUT2D eigenvalue weighted by atomic mass is 35.5. The smallest absolute Gasteiger partial charge is 0.379 e.